The lowest BCUT2D eigenvalue weighted by Crippen LogP contribution is -2.33. The van der Waals surface area contributed by atoms with Crippen LogP contribution in [-0.4, -0.2) is 23.9 Å². The first kappa shape index (κ1) is 14.1. The molecule has 0 aromatic heterocycles. The van der Waals surface area contributed by atoms with E-state index in [-0.39, 0.29) is 11.9 Å². The van der Waals surface area contributed by atoms with Crippen molar-refractivity contribution in [1.29, 1.82) is 0 Å². The van der Waals surface area contributed by atoms with Gasteiger partial charge in [0.05, 0.1) is 0 Å². The molecule has 1 aliphatic carbocycles. The maximum Gasteiger partial charge on any atom is 0.222 e. The van der Waals surface area contributed by atoms with Crippen LogP contribution < -0.4 is 5.73 Å². The predicted octanol–water partition coefficient (Wildman–Crippen LogP) is 2.73. The van der Waals surface area contributed by atoms with E-state index in [0.29, 0.717) is 6.42 Å². The Labute approximate surface area is 115 Å². The van der Waals surface area contributed by atoms with E-state index in [2.05, 4.69) is 6.92 Å². The van der Waals surface area contributed by atoms with Crippen LogP contribution >= 0.6 is 0 Å². The first-order valence-corrected chi connectivity index (χ1v) is 7.29. The molecular formula is C16H24N2O. The van der Waals surface area contributed by atoms with Gasteiger partial charge in [-0.05, 0) is 37.7 Å². The molecule has 1 amide bonds. The summed E-state index contributed by atoms with van der Waals surface area (Å²) in [4.78, 5) is 14.1. The fourth-order valence-electron chi connectivity index (χ4n) is 2.32. The van der Waals surface area contributed by atoms with E-state index in [4.69, 9.17) is 5.73 Å². The lowest BCUT2D eigenvalue weighted by atomic mass is 10.0. The second-order valence-electron chi connectivity index (χ2n) is 5.43. The largest absolute Gasteiger partial charge is 0.343 e. The Morgan fingerprint density at radius 2 is 2.05 bits per heavy atom. The van der Waals surface area contributed by atoms with E-state index in [9.17, 15) is 4.79 Å². The number of hydrogen-bond donors (Lipinski definition) is 1. The molecule has 0 radical (unpaired) electrons. The summed E-state index contributed by atoms with van der Waals surface area (Å²) < 4.78 is 0. The Hall–Kier alpha value is -1.35. The summed E-state index contributed by atoms with van der Waals surface area (Å²) >= 11 is 0. The van der Waals surface area contributed by atoms with Gasteiger partial charge in [0.1, 0.15) is 0 Å². The van der Waals surface area contributed by atoms with E-state index in [1.165, 1.54) is 12.8 Å². The molecule has 1 fully saturated rings. The van der Waals surface area contributed by atoms with Crippen molar-refractivity contribution in [2.45, 2.75) is 38.6 Å². The summed E-state index contributed by atoms with van der Waals surface area (Å²) in [5.41, 5.74) is 7.24. The number of carbonyl (C=O) groups excluding carboxylic acids is 1. The van der Waals surface area contributed by atoms with E-state index < -0.39 is 0 Å². The number of amides is 1. The molecule has 0 aliphatic heterocycles. The Kier molecular flexibility index (Phi) is 4.97. The molecule has 0 saturated heterocycles. The van der Waals surface area contributed by atoms with Crippen LogP contribution in [0.2, 0.25) is 0 Å². The third kappa shape index (κ3) is 4.35. The van der Waals surface area contributed by atoms with E-state index in [0.717, 1.165) is 31.0 Å². The van der Waals surface area contributed by atoms with Crippen molar-refractivity contribution < 1.29 is 4.79 Å². The van der Waals surface area contributed by atoms with Crippen molar-refractivity contribution in [2.24, 2.45) is 11.7 Å². The topological polar surface area (TPSA) is 46.3 Å². The zero-order valence-corrected chi connectivity index (χ0v) is 11.7. The van der Waals surface area contributed by atoms with Crippen LogP contribution in [0.4, 0.5) is 0 Å². The second kappa shape index (κ2) is 6.71. The molecule has 1 aliphatic rings. The molecule has 1 aromatic rings. The van der Waals surface area contributed by atoms with Gasteiger partial charge in [0.15, 0.2) is 0 Å². The van der Waals surface area contributed by atoms with Crippen molar-refractivity contribution in [2.75, 3.05) is 13.1 Å². The SMILES string of the molecule is CCN(CC1CC1)C(=O)CCC(N)c1ccccc1. The fraction of sp³-hybridized carbons (Fsp3) is 0.562. The minimum atomic E-state index is -0.0372. The van der Waals surface area contributed by atoms with Crippen LogP contribution in [0.15, 0.2) is 30.3 Å². The molecule has 1 saturated carbocycles. The zero-order chi connectivity index (χ0) is 13.7. The molecule has 2 rings (SSSR count). The number of carbonyl (C=O) groups is 1. The Balaban J connectivity index is 1.78. The summed E-state index contributed by atoms with van der Waals surface area (Å²) in [6.07, 6.45) is 3.85. The van der Waals surface area contributed by atoms with Gasteiger partial charge in [0.25, 0.3) is 0 Å². The van der Waals surface area contributed by atoms with Crippen molar-refractivity contribution >= 4 is 5.91 Å². The highest BCUT2D eigenvalue weighted by molar-refractivity contribution is 5.76. The summed E-state index contributed by atoms with van der Waals surface area (Å²) in [5.74, 6) is 1.01. The number of benzene rings is 1. The minimum absolute atomic E-state index is 0.0372. The van der Waals surface area contributed by atoms with Crippen LogP contribution in [0, 0.1) is 5.92 Å². The minimum Gasteiger partial charge on any atom is -0.343 e. The van der Waals surface area contributed by atoms with Gasteiger partial charge in [-0.3, -0.25) is 4.79 Å². The lowest BCUT2D eigenvalue weighted by molar-refractivity contribution is -0.131. The van der Waals surface area contributed by atoms with Gasteiger partial charge in [0.2, 0.25) is 5.91 Å². The van der Waals surface area contributed by atoms with Crippen molar-refractivity contribution in [3.8, 4) is 0 Å². The van der Waals surface area contributed by atoms with E-state index in [1.54, 1.807) is 0 Å². The molecular weight excluding hydrogens is 236 g/mol. The van der Waals surface area contributed by atoms with Crippen molar-refractivity contribution in [3.63, 3.8) is 0 Å². The number of hydrogen-bond acceptors (Lipinski definition) is 2. The molecule has 2 N–H and O–H groups in total. The van der Waals surface area contributed by atoms with Crippen LogP contribution in [0.3, 0.4) is 0 Å². The summed E-state index contributed by atoms with van der Waals surface area (Å²) in [7, 11) is 0. The Morgan fingerprint density at radius 3 is 2.63 bits per heavy atom. The average molecular weight is 260 g/mol. The normalized spacial score (nSPS) is 16.1. The summed E-state index contributed by atoms with van der Waals surface area (Å²) in [5, 5.41) is 0. The van der Waals surface area contributed by atoms with Crippen molar-refractivity contribution in [1.82, 2.24) is 4.90 Å². The predicted molar refractivity (Wildman–Crippen MR) is 77.6 cm³/mol. The average Bonchev–Trinajstić information content (AvgIpc) is 3.26. The molecule has 104 valence electrons. The molecule has 0 heterocycles. The highest BCUT2D eigenvalue weighted by Crippen LogP contribution is 2.30. The third-order valence-electron chi connectivity index (χ3n) is 3.81. The van der Waals surface area contributed by atoms with Gasteiger partial charge in [-0.15, -0.1) is 0 Å². The zero-order valence-electron chi connectivity index (χ0n) is 11.7. The maximum atomic E-state index is 12.1. The van der Waals surface area contributed by atoms with E-state index >= 15 is 0 Å². The first-order chi connectivity index (χ1) is 9.20. The van der Waals surface area contributed by atoms with Crippen LogP contribution in [0.25, 0.3) is 0 Å². The second-order valence-corrected chi connectivity index (χ2v) is 5.43. The maximum absolute atomic E-state index is 12.1. The number of rotatable bonds is 7. The van der Waals surface area contributed by atoms with Gasteiger partial charge in [0, 0.05) is 25.6 Å². The smallest absolute Gasteiger partial charge is 0.222 e. The molecule has 3 heteroatoms. The summed E-state index contributed by atoms with van der Waals surface area (Å²) in [6, 6.07) is 9.97. The lowest BCUT2D eigenvalue weighted by Gasteiger charge is -2.21. The highest BCUT2D eigenvalue weighted by Gasteiger charge is 2.25. The fourth-order valence-corrected chi connectivity index (χ4v) is 2.32. The van der Waals surface area contributed by atoms with Crippen molar-refractivity contribution in [3.05, 3.63) is 35.9 Å². The monoisotopic (exact) mass is 260 g/mol. The van der Waals surface area contributed by atoms with E-state index in [1.807, 2.05) is 35.2 Å². The highest BCUT2D eigenvalue weighted by atomic mass is 16.2. The summed E-state index contributed by atoms with van der Waals surface area (Å²) in [6.45, 7) is 3.81. The van der Waals surface area contributed by atoms with Crippen LogP contribution in [0.5, 0.6) is 0 Å². The standard InChI is InChI=1S/C16H24N2O/c1-2-18(12-13-8-9-13)16(19)11-10-15(17)14-6-4-3-5-7-14/h3-7,13,15H,2,8-12,17H2,1H3. The molecule has 1 aromatic carbocycles. The van der Waals surface area contributed by atoms with Gasteiger partial charge in [-0.25, -0.2) is 0 Å². The number of nitrogens with zero attached hydrogens (tertiary/aromatic N) is 1. The molecule has 3 nitrogen and oxygen atoms in total. The van der Waals surface area contributed by atoms with Gasteiger partial charge >= 0.3 is 0 Å². The van der Waals surface area contributed by atoms with Crippen LogP contribution in [0.1, 0.15) is 44.2 Å². The molecule has 1 atom stereocenters. The van der Waals surface area contributed by atoms with Crippen LogP contribution in [-0.2, 0) is 4.79 Å². The third-order valence-corrected chi connectivity index (χ3v) is 3.81. The Morgan fingerprint density at radius 1 is 1.37 bits per heavy atom. The molecule has 0 spiro atoms. The number of nitrogens with two attached hydrogens (primary N) is 1. The van der Waals surface area contributed by atoms with Gasteiger partial charge in [-0.1, -0.05) is 30.3 Å². The molecule has 0 bridgehead atoms. The first-order valence-electron chi connectivity index (χ1n) is 7.29. The van der Waals surface area contributed by atoms with Gasteiger partial charge < -0.3 is 10.6 Å². The Bertz CT molecular complexity index is 400. The molecule has 19 heavy (non-hydrogen) atoms. The quantitative estimate of drug-likeness (QED) is 0.819. The molecule has 1 unspecified atom stereocenters. The van der Waals surface area contributed by atoms with Gasteiger partial charge in [-0.2, -0.15) is 0 Å².